The molecule has 9 heteroatoms. The van der Waals surface area contributed by atoms with E-state index in [0.29, 0.717) is 51.6 Å². The zero-order valence-electron chi connectivity index (χ0n) is 23.3. The number of fused-ring (bicyclic) bond motifs is 5. The van der Waals surface area contributed by atoms with Crippen LogP contribution in [0.15, 0.2) is 11.6 Å². The molecular weight excluding hydrogens is 502 g/mol. The van der Waals surface area contributed by atoms with Crippen molar-refractivity contribution in [2.45, 2.75) is 120 Å². The van der Waals surface area contributed by atoms with Gasteiger partial charge in [0.2, 0.25) is 0 Å². The second-order valence-electron chi connectivity index (χ2n) is 13.4. The maximum Gasteiger partial charge on any atom is 0.331 e. The molecule has 39 heavy (non-hydrogen) atoms. The number of esters is 1. The smallest absolute Gasteiger partial charge is 0.331 e. The van der Waals surface area contributed by atoms with Crippen molar-refractivity contribution < 1.29 is 39.1 Å². The minimum absolute atomic E-state index is 0.0799. The first-order valence-electron chi connectivity index (χ1n) is 14.8. The standard InChI is InChI=1S/C30H43NO8/c1-17-26(33)23(36-3)13-25(38-17)39-19-4-9-28(16-31)21-5-8-27(2)20(18-12-24(32)37-15-18)7-11-30(27,35)22(21)6-10-29(28,34)14-19/h12,17,19-23,25-26,33-35H,4-11,13-15H2,1-3H3/t17-,19-,20+,21+,22-,23+,25+,26-,27-,28+,29+,30+/m1/s1. The second-order valence-corrected chi connectivity index (χ2v) is 13.4. The number of aliphatic hydroxyl groups is 3. The molecule has 0 aromatic carbocycles. The predicted molar refractivity (Wildman–Crippen MR) is 138 cm³/mol. The summed E-state index contributed by atoms with van der Waals surface area (Å²) in [7, 11) is 1.57. The van der Waals surface area contributed by atoms with Gasteiger partial charge in [0, 0.05) is 31.4 Å². The summed E-state index contributed by atoms with van der Waals surface area (Å²) >= 11 is 0. The summed E-state index contributed by atoms with van der Waals surface area (Å²) in [5.41, 5.74) is -2.50. The number of rotatable bonds is 4. The number of carbonyl (C=O) groups excluding carboxylic acids is 1. The molecule has 4 aliphatic carbocycles. The zero-order valence-corrected chi connectivity index (χ0v) is 23.3. The van der Waals surface area contributed by atoms with Gasteiger partial charge in [0.15, 0.2) is 6.29 Å². The molecule has 12 atom stereocenters. The molecule has 2 aliphatic heterocycles. The van der Waals surface area contributed by atoms with Crippen molar-refractivity contribution in [3.05, 3.63) is 11.6 Å². The largest absolute Gasteiger partial charge is 0.458 e. The quantitative estimate of drug-likeness (QED) is 0.359. The van der Waals surface area contributed by atoms with Crippen LogP contribution < -0.4 is 0 Å². The van der Waals surface area contributed by atoms with Gasteiger partial charge in [-0.25, -0.2) is 4.79 Å². The van der Waals surface area contributed by atoms with E-state index in [0.717, 1.165) is 24.8 Å². The molecule has 5 fully saturated rings. The second kappa shape index (κ2) is 9.50. The number of methoxy groups -OCH3 is 1. The molecule has 0 radical (unpaired) electrons. The third-order valence-electron chi connectivity index (χ3n) is 12.0. The van der Waals surface area contributed by atoms with E-state index in [-0.39, 0.29) is 35.9 Å². The van der Waals surface area contributed by atoms with Crippen LogP contribution in [0.25, 0.3) is 0 Å². The first-order chi connectivity index (χ1) is 18.5. The molecular formula is C30H43NO8. The predicted octanol–water partition coefficient (Wildman–Crippen LogP) is 2.76. The highest BCUT2D eigenvalue weighted by molar-refractivity contribution is 5.85. The van der Waals surface area contributed by atoms with Crippen molar-refractivity contribution in [3.8, 4) is 6.07 Å². The van der Waals surface area contributed by atoms with E-state index in [4.69, 9.17) is 18.9 Å². The Morgan fingerprint density at radius 2 is 1.87 bits per heavy atom. The Bertz CT molecular complexity index is 1070. The van der Waals surface area contributed by atoms with Crippen molar-refractivity contribution in [2.24, 2.45) is 28.6 Å². The van der Waals surface area contributed by atoms with Gasteiger partial charge in [0.25, 0.3) is 0 Å². The highest BCUT2D eigenvalue weighted by atomic mass is 16.7. The Morgan fingerprint density at radius 3 is 2.56 bits per heavy atom. The molecule has 9 nitrogen and oxygen atoms in total. The molecule has 0 unspecified atom stereocenters. The van der Waals surface area contributed by atoms with Crippen LogP contribution in [0.3, 0.4) is 0 Å². The highest BCUT2D eigenvalue weighted by Gasteiger charge is 2.72. The van der Waals surface area contributed by atoms with Crippen LogP contribution in [-0.4, -0.2) is 76.9 Å². The van der Waals surface area contributed by atoms with Crippen LogP contribution in [0.1, 0.15) is 78.1 Å². The first-order valence-corrected chi connectivity index (χ1v) is 14.8. The van der Waals surface area contributed by atoms with Gasteiger partial charge in [-0.05, 0) is 81.6 Å². The van der Waals surface area contributed by atoms with Gasteiger partial charge >= 0.3 is 5.97 Å². The summed E-state index contributed by atoms with van der Waals surface area (Å²) in [6.07, 6.45) is 5.21. The number of cyclic esters (lactones) is 1. The summed E-state index contributed by atoms with van der Waals surface area (Å²) in [4.78, 5) is 11.8. The van der Waals surface area contributed by atoms with E-state index in [1.807, 2.05) is 0 Å². The summed E-state index contributed by atoms with van der Waals surface area (Å²) in [6, 6.07) is 2.62. The fourth-order valence-corrected chi connectivity index (χ4v) is 9.91. The van der Waals surface area contributed by atoms with E-state index >= 15 is 0 Å². The monoisotopic (exact) mass is 545 g/mol. The van der Waals surface area contributed by atoms with E-state index in [2.05, 4.69) is 13.0 Å². The molecule has 0 amide bonds. The van der Waals surface area contributed by atoms with Crippen LogP contribution in [0.4, 0.5) is 0 Å². The molecule has 0 bridgehead atoms. The Kier molecular flexibility index (Phi) is 6.73. The molecule has 6 aliphatic rings. The van der Waals surface area contributed by atoms with E-state index in [1.165, 1.54) is 0 Å². The van der Waals surface area contributed by atoms with Gasteiger partial charge in [-0.2, -0.15) is 5.26 Å². The number of aliphatic hydroxyl groups excluding tert-OH is 1. The maximum atomic E-state index is 12.4. The third kappa shape index (κ3) is 3.89. The zero-order chi connectivity index (χ0) is 27.8. The number of nitrogens with zero attached hydrogens (tertiary/aromatic N) is 1. The summed E-state index contributed by atoms with van der Waals surface area (Å²) in [5.74, 6) is -0.396. The van der Waals surface area contributed by atoms with Crippen LogP contribution in [0, 0.1) is 39.9 Å². The van der Waals surface area contributed by atoms with Gasteiger partial charge in [-0.15, -0.1) is 0 Å². The summed E-state index contributed by atoms with van der Waals surface area (Å²) in [6.45, 7) is 4.26. The Morgan fingerprint density at radius 1 is 1.10 bits per heavy atom. The molecule has 6 rings (SSSR count). The van der Waals surface area contributed by atoms with Crippen molar-refractivity contribution >= 4 is 5.97 Å². The Balaban J connectivity index is 1.21. The van der Waals surface area contributed by atoms with Gasteiger partial charge < -0.3 is 34.3 Å². The highest BCUT2D eigenvalue weighted by Crippen LogP contribution is 2.70. The lowest BCUT2D eigenvalue weighted by molar-refractivity contribution is -0.286. The Hall–Kier alpha value is -1.54. The van der Waals surface area contributed by atoms with Crippen molar-refractivity contribution in [3.63, 3.8) is 0 Å². The Labute approximate surface area is 230 Å². The molecule has 0 aromatic rings. The SMILES string of the molecule is CO[C@H]1C[C@H](O[C@@H]2CC[C@]3(C#N)[C@H]4CC[C@]5(C)[C@H](C6=CC(=O)OC6)CC[C@]5(O)[C@@H]4CC[C@]3(O)C2)O[C@H](C)[C@H]1O. The van der Waals surface area contributed by atoms with Crippen LogP contribution in [0.5, 0.6) is 0 Å². The van der Waals surface area contributed by atoms with Gasteiger partial charge in [-0.3, -0.25) is 0 Å². The topological polar surface area (TPSA) is 138 Å². The van der Waals surface area contributed by atoms with Crippen molar-refractivity contribution in [2.75, 3.05) is 13.7 Å². The number of hydrogen-bond donors (Lipinski definition) is 3. The van der Waals surface area contributed by atoms with E-state index < -0.39 is 40.5 Å². The maximum absolute atomic E-state index is 12.4. The molecule has 0 spiro atoms. The lowest BCUT2D eigenvalue weighted by Gasteiger charge is -2.64. The average molecular weight is 546 g/mol. The number of carbonyl (C=O) groups is 1. The molecule has 216 valence electrons. The first kappa shape index (κ1) is 27.6. The number of hydrogen-bond acceptors (Lipinski definition) is 9. The normalized spacial score (nSPS) is 53.2. The van der Waals surface area contributed by atoms with E-state index in [1.54, 1.807) is 20.1 Å². The van der Waals surface area contributed by atoms with Crippen LogP contribution in [-0.2, 0) is 23.7 Å². The minimum Gasteiger partial charge on any atom is -0.458 e. The molecule has 3 N–H and O–H groups in total. The third-order valence-corrected chi connectivity index (χ3v) is 12.0. The van der Waals surface area contributed by atoms with Crippen LogP contribution >= 0.6 is 0 Å². The van der Waals surface area contributed by atoms with Gasteiger partial charge in [-0.1, -0.05) is 6.92 Å². The van der Waals surface area contributed by atoms with Crippen LogP contribution in [0.2, 0.25) is 0 Å². The average Bonchev–Trinajstić information content (AvgIpc) is 3.45. The number of nitriles is 1. The van der Waals surface area contributed by atoms with Gasteiger partial charge in [0.1, 0.15) is 12.7 Å². The van der Waals surface area contributed by atoms with Crippen molar-refractivity contribution in [1.29, 1.82) is 5.26 Å². The number of ether oxygens (including phenoxy) is 4. The lowest BCUT2D eigenvalue weighted by atomic mass is 9.41. The van der Waals surface area contributed by atoms with Crippen molar-refractivity contribution in [1.82, 2.24) is 0 Å². The van der Waals surface area contributed by atoms with E-state index in [9.17, 15) is 25.4 Å². The fourth-order valence-electron chi connectivity index (χ4n) is 9.91. The lowest BCUT2D eigenvalue weighted by Crippen LogP contribution is -2.68. The molecule has 0 aromatic heterocycles. The summed E-state index contributed by atoms with van der Waals surface area (Å²) < 4.78 is 22.9. The molecule has 2 heterocycles. The molecule has 1 saturated heterocycles. The fraction of sp³-hybridized carbons (Fsp3) is 0.867. The molecule has 4 saturated carbocycles. The minimum atomic E-state index is -1.21. The summed E-state index contributed by atoms with van der Waals surface area (Å²) in [5, 5.41) is 45.6. The van der Waals surface area contributed by atoms with Gasteiger partial charge in [0.05, 0.1) is 41.0 Å².